The summed E-state index contributed by atoms with van der Waals surface area (Å²) in [4.78, 5) is 12.5. The summed E-state index contributed by atoms with van der Waals surface area (Å²) in [6.45, 7) is 0.182. The highest BCUT2D eigenvalue weighted by molar-refractivity contribution is 6.32. The van der Waals surface area contributed by atoms with Crippen LogP contribution in [0.4, 0.5) is 5.69 Å². The number of carbonyl (C=O) groups excluding carboxylic acids is 1. The van der Waals surface area contributed by atoms with Crippen LogP contribution >= 0.6 is 11.6 Å². The molecule has 0 radical (unpaired) electrons. The molecule has 2 aromatic carbocycles. The zero-order valence-electron chi connectivity index (χ0n) is 16.3. The van der Waals surface area contributed by atoms with E-state index < -0.39 is 0 Å². The van der Waals surface area contributed by atoms with E-state index in [-0.39, 0.29) is 18.5 Å². The van der Waals surface area contributed by atoms with Crippen LogP contribution in [0, 0.1) is 5.92 Å². The van der Waals surface area contributed by atoms with Gasteiger partial charge in [-0.25, -0.2) is 0 Å². The summed E-state index contributed by atoms with van der Waals surface area (Å²) >= 11 is 6.11. The second kappa shape index (κ2) is 9.17. The van der Waals surface area contributed by atoms with Crippen molar-refractivity contribution in [1.29, 1.82) is 0 Å². The van der Waals surface area contributed by atoms with Gasteiger partial charge in [-0.2, -0.15) is 0 Å². The van der Waals surface area contributed by atoms with Gasteiger partial charge in [0.1, 0.15) is 17.2 Å². The van der Waals surface area contributed by atoms with E-state index in [1.54, 1.807) is 19.2 Å². The molecule has 1 saturated carbocycles. The van der Waals surface area contributed by atoms with Crippen LogP contribution in [-0.2, 0) is 4.79 Å². The summed E-state index contributed by atoms with van der Waals surface area (Å²) in [5.74, 6) is 2.15. The Balaban J connectivity index is 1.65. The molecule has 0 spiro atoms. The lowest BCUT2D eigenvalue weighted by Gasteiger charge is -2.19. The van der Waals surface area contributed by atoms with Crippen LogP contribution in [-0.4, -0.2) is 33.8 Å². The van der Waals surface area contributed by atoms with Crippen molar-refractivity contribution < 1.29 is 19.0 Å². The summed E-state index contributed by atoms with van der Waals surface area (Å²) in [6, 6.07) is 11.4. The first-order valence-corrected chi connectivity index (χ1v) is 9.52. The quantitative estimate of drug-likeness (QED) is 0.660. The standard InChI is InChI=1S/C21H25ClN2O4/c1-26-15-8-6-14(7-9-15)21(13-4-5-13)23-12-20(25)24-17-11-18(27-2)16(22)10-19(17)28-3/h6-11,13,21,23H,4-5,12H2,1-3H3,(H,24,25). The number of hydrogen-bond donors (Lipinski definition) is 2. The number of benzene rings is 2. The van der Waals surface area contributed by atoms with Gasteiger partial charge < -0.3 is 24.8 Å². The number of anilines is 1. The van der Waals surface area contributed by atoms with Crippen molar-refractivity contribution in [2.75, 3.05) is 33.2 Å². The van der Waals surface area contributed by atoms with Crippen molar-refractivity contribution in [1.82, 2.24) is 5.32 Å². The predicted octanol–water partition coefficient (Wildman–Crippen LogP) is 4.05. The number of carbonyl (C=O) groups is 1. The lowest BCUT2D eigenvalue weighted by Crippen LogP contribution is -2.32. The highest BCUT2D eigenvalue weighted by atomic mass is 35.5. The molecule has 150 valence electrons. The third-order valence-electron chi connectivity index (χ3n) is 4.80. The molecule has 0 heterocycles. The second-order valence-electron chi connectivity index (χ2n) is 6.70. The topological polar surface area (TPSA) is 68.8 Å². The molecular formula is C21H25ClN2O4. The molecule has 6 nitrogen and oxygen atoms in total. The first kappa shape index (κ1) is 20.3. The van der Waals surface area contributed by atoms with E-state index in [0.717, 1.165) is 24.2 Å². The van der Waals surface area contributed by atoms with Crippen LogP contribution in [0.2, 0.25) is 5.02 Å². The number of amides is 1. The molecule has 1 aliphatic rings. The Bertz CT molecular complexity index is 822. The van der Waals surface area contributed by atoms with Crippen molar-refractivity contribution in [2.45, 2.75) is 18.9 Å². The van der Waals surface area contributed by atoms with Crippen LogP contribution in [0.25, 0.3) is 0 Å². The van der Waals surface area contributed by atoms with E-state index in [0.29, 0.717) is 28.1 Å². The number of nitrogens with one attached hydrogen (secondary N) is 2. The maximum absolute atomic E-state index is 12.5. The SMILES string of the molecule is COc1ccc(C(NCC(=O)Nc2cc(OC)c(Cl)cc2OC)C2CC2)cc1. The fourth-order valence-corrected chi connectivity index (χ4v) is 3.38. The maximum atomic E-state index is 12.5. The average Bonchev–Trinajstić information content (AvgIpc) is 3.54. The highest BCUT2D eigenvalue weighted by Gasteiger charge is 2.32. The first-order valence-electron chi connectivity index (χ1n) is 9.14. The zero-order valence-corrected chi connectivity index (χ0v) is 17.0. The molecule has 2 N–H and O–H groups in total. The molecule has 0 aromatic heterocycles. The minimum absolute atomic E-state index is 0.137. The van der Waals surface area contributed by atoms with Gasteiger partial charge in [0, 0.05) is 18.2 Å². The number of methoxy groups -OCH3 is 3. The monoisotopic (exact) mass is 404 g/mol. The van der Waals surface area contributed by atoms with Crippen molar-refractivity contribution in [3.63, 3.8) is 0 Å². The van der Waals surface area contributed by atoms with Gasteiger partial charge in [-0.15, -0.1) is 0 Å². The molecule has 28 heavy (non-hydrogen) atoms. The Kier molecular flexibility index (Phi) is 6.65. The maximum Gasteiger partial charge on any atom is 0.238 e. The summed E-state index contributed by atoms with van der Waals surface area (Å²) in [6.07, 6.45) is 2.32. The van der Waals surface area contributed by atoms with Gasteiger partial charge in [-0.1, -0.05) is 23.7 Å². The molecule has 3 rings (SSSR count). The van der Waals surface area contributed by atoms with Crippen LogP contribution in [0.1, 0.15) is 24.4 Å². The zero-order chi connectivity index (χ0) is 20.1. The van der Waals surface area contributed by atoms with E-state index in [1.165, 1.54) is 14.2 Å². The smallest absolute Gasteiger partial charge is 0.238 e. The molecule has 0 bridgehead atoms. The predicted molar refractivity (Wildman–Crippen MR) is 110 cm³/mol. The molecule has 1 atom stereocenters. The summed E-state index contributed by atoms with van der Waals surface area (Å²) in [5.41, 5.74) is 1.67. The average molecular weight is 405 g/mol. The second-order valence-corrected chi connectivity index (χ2v) is 7.11. The molecule has 1 unspecified atom stereocenters. The summed E-state index contributed by atoms with van der Waals surface area (Å²) in [7, 11) is 4.70. The van der Waals surface area contributed by atoms with Gasteiger partial charge in [0.15, 0.2) is 0 Å². The highest BCUT2D eigenvalue weighted by Crippen LogP contribution is 2.41. The van der Waals surface area contributed by atoms with Gasteiger partial charge >= 0.3 is 0 Å². The van der Waals surface area contributed by atoms with Crippen LogP contribution in [0.3, 0.4) is 0 Å². The normalized spacial score (nSPS) is 14.3. The number of halogens is 1. The fourth-order valence-electron chi connectivity index (χ4n) is 3.15. The Morgan fingerprint density at radius 3 is 2.32 bits per heavy atom. The molecule has 1 aliphatic carbocycles. The molecule has 1 fully saturated rings. The van der Waals surface area contributed by atoms with Gasteiger partial charge in [0.2, 0.25) is 5.91 Å². The summed E-state index contributed by atoms with van der Waals surface area (Å²) < 4.78 is 15.7. The van der Waals surface area contributed by atoms with E-state index >= 15 is 0 Å². The minimum Gasteiger partial charge on any atom is -0.497 e. The lowest BCUT2D eigenvalue weighted by atomic mass is 10.0. The number of hydrogen-bond acceptors (Lipinski definition) is 5. The van der Waals surface area contributed by atoms with E-state index in [2.05, 4.69) is 10.6 Å². The van der Waals surface area contributed by atoms with Crippen LogP contribution in [0.5, 0.6) is 17.2 Å². The van der Waals surface area contributed by atoms with Gasteiger partial charge in [-0.05, 0) is 36.5 Å². The molecule has 0 aliphatic heterocycles. The fraction of sp³-hybridized carbons (Fsp3) is 0.381. The van der Waals surface area contributed by atoms with Crippen LogP contribution < -0.4 is 24.8 Å². The van der Waals surface area contributed by atoms with Gasteiger partial charge in [-0.3, -0.25) is 4.79 Å². The Labute approximate surface area is 170 Å². The van der Waals surface area contributed by atoms with Gasteiger partial charge in [0.25, 0.3) is 0 Å². The summed E-state index contributed by atoms with van der Waals surface area (Å²) in [5, 5.41) is 6.66. The largest absolute Gasteiger partial charge is 0.497 e. The molecule has 0 saturated heterocycles. The molecule has 1 amide bonds. The Hall–Kier alpha value is -2.44. The van der Waals surface area contributed by atoms with E-state index in [1.807, 2.05) is 24.3 Å². The van der Waals surface area contributed by atoms with Crippen molar-refractivity contribution >= 4 is 23.2 Å². The number of rotatable bonds is 9. The third-order valence-corrected chi connectivity index (χ3v) is 5.09. The van der Waals surface area contributed by atoms with E-state index in [4.69, 9.17) is 25.8 Å². The molecule has 2 aromatic rings. The van der Waals surface area contributed by atoms with Crippen molar-refractivity contribution in [3.05, 3.63) is 47.0 Å². The van der Waals surface area contributed by atoms with E-state index in [9.17, 15) is 4.79 Å². The van der Waals surface area contributed by atoms with Crippen LogP contribution in [0.15, 0.2) is 36.4 Å². The Morgan fingerprint density at radius 2 is 1.75 bits per heavy atom. The number of ether oxygens (including phenoxy) is 3. The minimum atomic E-state index is -0.165. The molecule has 7 heteroatoms. The first-order chi connectivity index (χ1) is 13.5. The third kappa shape index (κ3) is 4.88. The lowest BCUT2D eigenvalue weighted by molar-refractivity contribution is -0.115. The Morgan fingerprint density at radius 1 is 1.07 bits per heavy atom. The molecular weight excluding hydrogens is 380 g/mol. The van der Waals surface area contributed by atoms with Crippen molar-refractivity contribution in [2.24, 2.45) is 5.92 Å². The van der Waals surface area contributed by atoms with Gasteiger partial charge in [0.05, 0.1) is 38.6 Å². The van der Waals surface area contributed by atoms with Crippen molar-refractivity contribution in [3.8, 4) is 17.2 Å².